The molecule has 1 amide bonds. The molecule has 2 unspecified atom stereocenters. The molecule has 2 atom stereocenters. The van der Waals surface area contributed by atoms with Gasteiger partial charge in [-0.15, -0.1) is 11.3 Å². The SMILES string of the molecule is Cc1ccc(F)c(-c2nc(C(=O)Nc3cnccc3C3CCCC(N)C3)cs2)c1. The Morgan fingerprint density at radius 1 is 1.31 bits per heavy atom. The summed E-state index contributed by atoms with van der Waals surface area (Å²) >= 11 is 1.25. The average Bonchev–Trinajstić information content (AvgIpc) is 3.20. The first kappa shape index (κ1) is 19.7. The van der Waals surface area contributed by atoms with E-state index in [0.29, 0.717) is 22.2 Å². The molecule has 2 aromatic heterocycles. The number of carbonyl (C=O) groups excluding carboxylic acids is 1. The van der Waals surface area contributed by atoms with Crippen molar-refractivity contribution in [3.05, 3.63) is 64.7 Å². The van der Waals surface area contributed by atoms with Crippen LogP contribution in [0.2, 0.25) is 0 Å². The number of pyridine rings is 1. The zero-order valence-corrected chi connectivity index (χ0v) is 17.0. The van der Waals surface area contributed by atoms with Crippen LogP contribution in [0.3, 0.4) is 0 Å². The van der Waals surface area contributed by atoms with Gasteiger partial charge in [0.1, 0.15) is 16.5 Å². The summed E-state index contributed by atoms with van der Waals surface area (Å²) in [4.78, 5) is 21.3. The number of rotatable bonds is 4. The Morgan fingerprint density at radius 3 is 3.00 bits per heavy atom. The number of aromatic nitrogens is 2. The van der Waals surface area contributed by atoms with Crippen molar-refractivity contribution in [3.63, 3.8) is 0 Å². The summed E-state index contributed by atoms with van der Waals surface area (Å²) in [5, 5.41) is 5.08. The van der Waals surface area contributed by atoms with E-state index in [0.717, 1.165) is 36.8 Å². The fraction of sp³-hybridized carbons (Fsp3) is 0.318. The second-order valence-corrected chi connectivity index (χ2v) is 8.42. The number of nitrogens with one attached hydrogen (secondary N) is 1. The largest absolute Gasteiger partial charge is 0.328 e. The highest BCUT2D eigenvalue weighted by Gasteiger charge is 2.24. The molecule has 3 N–H and O–H groups in total. The van der Waals surface area contributed by atoms with Crippen molar-refractivity contribution in [2.75, 3.05) is 5.32 Å². The van der Waals surface area contributed by atoms with Crippen molar-refractivity contribution in [2.45, 2.75) is 44.6 Å². The maximum Gasteiger partial charge on any atom is 0.275 e. The molecular formula is C22H23FN4OS. The Hall–Kier alpha value is -2.64. The summed E-state index contributed by atoms with van der Waals surface area (Å²) in [6.07, 6.45) is 7.49. The first-order chi connectivity index (χ1) is 14.0. The number of anilines is 1. The van der Waals surface area contributed by atoms with E-state index >= 15 is 0 Å². The molecule has 0 radical (unpaired) electrons. The van der Waals surface area contributed by atoms with Crippen LogP contribution in [-0.4, -0.2) is 21.9 Å². The van der Waals surface area contributed by atoms with Crippen LogP contribution in [0.1, 0.15) is 53.2 Å². The van der Waals surface area contributed by atoms with Crippen LogP contribution in [-0.2, 0) is 0 Å². The van der Waals surface area contributed by atoms with Crippen LogP contribution in [0.15, 0.2) is 42.0 Å². The predicted molar refractivity (Wildman–Crippen MR) is 114 cm³/mol. The van der Waals surface area contributed by atoms with Gasteiger partial charge < -0.3 is 11.1 Å². The maximum atomic E-state index is 14.2. The molecule has 29 heavy (non-hydrogen) atoms. The highest BCUT2D eigenvalue weighted by Crippen LogP contribution is 2.36. The molecular weight excluding hydrogens is 387 g/mol. The Bertz CT molecular complexity index is 1040. The Labute approximate surface area is 173 Å². The van der Waals surface area contributed by atoms with Gasteiger partial charge >= 0.3 is 0 Å². The van der Waals surface area contributed by atoms with Gasteiger partial charge in [0.15, 0.2) is 0 Å². The monoisotopic (exact) mass is 410 g/mol. The molecule has 0 aliphatic heterocycles. The van der Waals surface area contributed by atoms with Gasteiger partial charge in [0.05, 0.1) is 11.9 Å². The quantitative estimate of drug-likeness (QED) is 0.642. The van der Waals surface area contributed by atoms with Crippen LogP contribution in [0, 0.1) is 12.7 Å². The number of carbonyl (C=O) groups is 1. The smallest absolute Gasteiger partial charge is 0.275 e. The molecule has 1 fully saturated rings. The lowest BCUT2D eigenvalue weighted by Gasteiger charge is -2.28. The molecule has 1 saturated carbocycles. The van der Waals surface area contributed by atoms with Gasteiger partial charge in [-0.05, 0) is 55.9 Å². The number of halogens is 1. The third-order valence-corrected chi connectivity index (χ3v) is 6.22. The molecule has 0 bridgehead atoms. The molecule has 0 spiro atoms. The van der Waals surface area contributed by atoms with E-state index < -0.39 is 0 Å². The number of hydrogen-bond donors (Lipinski definition) is 2. The minimum absolute atomic E-state index is 0.191. The van der Waals surface area contributed by atoms with E-state index in [9.17, 15) is 9.18 Å². The minimum Gasteiger partial charge on any atom is -0.328 e. The molecule has 1 aliphatic rings. The standard InChI is InChI=1S/C22H23FN4OS/c1-13-5-6-18(23)17(9-13)22-27-20(12-29-22)21(28)26-19-11-25-8-7-16(19)14-3-2-4-15(24)10-14/h5-9,11-12,14-15H,2-4,10,24H2,1H3,(H,26,28). The molecule has 7 heteroatoms. The predicted octanol–water partition coefficient (Wildman–Crippen LogP) is 4.89. The molecule has 1 aliphatic carbocycles. The van der Waals surface area contributed by atoms with Gasteiger partial charge in [0.25, 0.3) is 5.91 Å². The van der Waals surface area contributed by atoms with E-state index in [4.69, 9.17) is 5.73 Å². The molecule has 2 heterocycles. The van der Waals surface area contributed by atoms with Gasteiger partial charge in [-0.3, -0.25) is 9.78 Å². The van der Waals surface area contributed by atoms with Crippen LogP contribution in [0.25, 0.3) is 10.6 Å². The van der Waals surface area contributed by atoms with Gasteiger partial charge in [0, 0.05) is 23.2 Å². The Morgan fingerprint density at radius 2 is 2.17 bits per heavy atom. The van der Waals surface area contributed by atoms with Crippen molar-refractivity contribution < 1.29 is 9.18 Å². The number of nitrogens with zero attached hydrogens (tertiary/aromatic N) is 2. The number of amides is 1. The summed E-state index contributed by atoms with van der Waals surface area (Å²) in [7, 11) is 0. The van der Waals surface area contributed by atoms with Crippen LogP contribution >= 0.6 is 11.3 Å². The van der Waals surface area contributed by atoms with Gasteiger partial charge in [-0.2, -0.15) is 0 Å². The van der Waals surface area contributed by atoms with E-state index in [-0.39, 0.29) is 23.5 Å². The molecule has 1 aromatic carbocycles. The number of aryl methyl sites for hydroxylation is 1. The normalized spacial score (nSPS) is 19.1. The van der Waals surface area contributed by atoms with Gasteiger partial charge in [0.2, 0.25) is 0 Å². The van der Waals surface area contributed by atoms with Crippen LogP contribution < -0.4 is 11.1 Å². The Kier molecular flexibility index (Phi) is 5.69. The van der Waals surface area contributed by atoms with Crippen molar-refractivity contribution in [1.29, 1.82) is 0 Å². The molecule has 5 nitrogen and oxygen atoms in total. The highest BCUT2D eigenvalue weighted by molar-refractivity contribution is 7.13. The minimum atomic E-state index is -0.347. The van der Waals surface area contributed by atoms with Crippen molar-refractivity contribution >= 4 is 22.9 Å². The summed E-state index contributed by atoms with van der Waals surface area (Å²) < 4.78 is 14.2. The second-order valence-electron chi connectivity index (χ2n) is 7.56. The Balaban J connectivity index is 1.55. The first-order valence-electron chi connectivity index (χ1n) is 9.74. The third kappa shape index (κ3) is 4.36. The van der Waals surface area contributed by atoms with E-state index in [2.05, 4.69) is 15.3 Å². The fourth-order valence-corrected chi connectivity index (χ4v) is 4.68. The van der Waals surface area contributed by atoms with Gasteiger partial charge in [-0.25, -0.2) is 9.37 Å². The first-order valence-corrected chi connectivity index (χ1v) is 10.6. The lowest BCUT2D eigenvalue weighted by Crippen LogP contribution is -2.27. The maximum absolute atomic E-state index is 14.2. The zero-order chi connectivity index (χ0) is 20.4. The number of benzene rings is 1. The number of nitrogens with two attached hydrogens (primary N) is 1. The molecule has 0 saturated heterocycles. The fourth-order valence-electron chi connectivity index (χ4n) is 3.87. The van der Waals surface area contributed by atoms with E-state index in [1.165, 1.54) is 17.4 Å². The molecule has 4 rings (SSSR count). The number of hydrogen-bond acceptors (Lipinski definition) is 5. The van der Waals surface area contributed by atoms with E-state index in [1.54, 1.807) is 29.9 Å². The highest BCUT2D eigenvalue weighted by atomic mass is 32.1. The molecule has 150 valence electrons. The van der Waals surface area contributed by atoms with Gasteiger partial charge in [-0.1, -0.05) is 18.1 Å². The number of thiazole rings is 1. The van der Waals surface area contributed by atoms with E-state index in [1.807, 2.05) is 13.0 Å². The molecule has 3 aromatic rings. The summed E-state index contributed by atoms with van der Waals surface area (Å²) in [6, 6.07) is 7.01. The summed E-state index contributed by atoms with van der Waals surface area (Å²) in [5.74, 6) is -0.362. The van der Waals surface area contributed by atoms with Crippen molar-refractivity contribution in [2.24, 2.45) is 5.73 Å². The zero-order valence-electron chi connectivity index (χ0n) is 16.2. The average molecular weight is 411 g/mol. The lowest BCUT2D eigenvalue weighted by molar-refractivity contribution is 0.102. The topological polar surface area (TPSA) is 80.9 Å². The summed E-state index contributed by atoms with van der Waals surface area (Å²) in [5.41, 5.74) is 9.50. The second kappa shape index (κ2) is 8.39. The van der Waals surface area contributed by atoms with Crippen LogP contribution in [0.5, 0.6) is 0 Å². The van der Waals surface area contributed by atoms with Crippen LogP contribution in [0.4, 0.5) is 10.1 Å². The van der Waals surface area contributed by atoms with Crippen molar-refractivity contribution in [3.8, 4) is 10.6 Å². The third-order valence-electron chi connectivity index (χ3n) is 5.35. The lowest BCUT2D eigenvalue weighted by atomic mass is 9.81. The summed E-state index contributed by atoms with van der Waals surface area (Å²) in [6.45, 7) is 1.89. The van der Waals surface area contributed by atoms with Crippen molar-refractivity contribution in [1.82, 2.24) is 9.97 Å².